The van der Waals surface area contributed by atoms with E-state index in [1.165, 1.54) is 5.56 Å². The van der Waals surface area contributed by atoms with Crippen molar-refractivity contribution in [3.63, 3.8) is 0 Å². The molecule has 2 fully saturated rings. The van der Waals surface area contributed by atoms with Gasteiger partial charge in [0.25, 0.3) is 0 Å². The highest BCUT2D eigenvalue weighted by Gasteiger charge is 2.38. The number of nitrogens with one attached hydrogen (secondary N) is 1. The molecule has 0 bridgehead atoms. The van der Waals surface area contributed by atoms with Gasteiger partial charge in [-0.2, -0.15) is 13.2 Å². The van der Waals surface area contributed by atoms with Crippen molar-refractivity contribution in [2.24, 2.45) is 17.6 Å². The lowest BCUT2D eigenvalue weighted by Crippen LogP contribution is -2.54. The van der Waals surface area contributed by atoms with Crippen molar-refractivity contribution in [3.8, 4) is 0 Å². The molecular formula is C27H34F3N5O3. The summed E-state index contributed by atoms with van der Waals surface area (Å²) in [5.41, 5.74) is 8.49. The van der Waals surface area contributed by atoms with E-state index < -0.39 is 12.1 Å². The van der Waals surface area contributed by atoms with Crippen LogP contribution in [0, 0.1) is 17.2 Å². The number of nitrogen functional groups attached to an aromatic ring is 1. The fourth-order valence-corrected chi connectivity index (χ4v) is 4.76. The van der Waals surface area contributed by atoms with E-state index in [0.29, 0.717) is 23.9 Å². The number of carboxylic acid groups (broad SMARTS) is 1. The third kappa shape index (κ3) is 8.20. The van der Waals surface area contributed by atoms with Gasteiger partial charge in [0, 0.05) is 37.4 Å². The minimum absolute atomic E-state index is 0.0264. The van der Waals surface area contributed by atoms with Crippen LogP contribution in [0.2, 0.25) is 0 Å². The van der Waals surface area contributed by atoms with Gasteiger partial charge in [0.2, 0.25) is 0 Å². The highest BCUT2D eigenvalue weighted by Crippen LogP contribution is 2.27. The number of piperidine rings is 1. The molecule has 0 aliphatic carbocycles. The van der Waals surface area contributed by atoms with Crippen LogP contribution in [-0.4, -0.2) is 71.6 Å². The van der Waals surface area contributed by atoms with Gasteiger partial charge in [0.1, 0.15) is 5.84 Å². The molecule has 1 atom stereocenters. The second kappa shape index (κ2) is 12.8. The average molecular weight is 534 g/mol. The predicted octanol–water partition coefficient (Wildman–Crippen LogP) is 4.39. The molecular weight excluding hydrogens is 499 g/mol. The van der Waals surface area contributed by atoms with Crippen LogP contribution in [0.4, 0.5) is 23.7 Å². The number of anilines is 1. The molecule has 206 valence electrons. The van der Waals surface area contributed by atoms with Crippen LogP contribution in [0.5, 0.6) is 0 Å². The molecule has 2 aliphatic rings. The number of nitrogens with two attached hydrogens (primary N) is 1. The fourth-order valence-electron chi connectivity index (χ4n) is 4.76. The topological polar surface area (TPSA) is 114 Å². The number of amides is 2. The number of benzene rings is 2. The third-order valence-electron chi connectivity index (χ3n) is 6.67. The molecule has 0 radical (unpaired) electrons. The van der Waals surface area contributed by atoms with Gasteiger partial charge < -0.3 is 15.7 Å². The lowest BCUT2D eigenvalue weighted by molar-refractivity contribution is -0.192. The minimum atomic E-state index is -5.08. The smallest absolute Gasteiger partial charge is 0.475 e. The number of amidine groups is 1. The summed E-state index contributed by atoms with van der Waals surface area (Å²) >= 11 is 0. The van der Waals surface area contributed by atoms with Crippen LogP contribution in [0.1, 0.15) is 30.9 Å². The molecule has 8 nitrogen and oxygen atoms in total. The molecule has 2 heterocycles. The summed E-state index contributed by atoms with van der Waals surface area (Å²) in [6.45, 7) is 7.71. The summed E-state index contributed by atoms with van der Waals surface area (Å²) in [4.78, 5) is 28.6. The minimum Gasteiger partial charge on any atom is -0.475 e. The molecule has 11 heteroatoms. The summed E-state index contributed by atoms with van der Waals surface area (Å²) < 4.78 is 31.7. The Bertz CT molecular complexity index is 1100. The second-order valence-electron chi connectivity index (χ2n) is 9.88. The van der Waals surface area contributed by atoms with Gasteiger partial charge in [-0.05, 0) is 55.5 Å². The molecule has 2 amide bonds. The number of halogens is 3. The Kier molecular flexibility index (Phi) is 9.73. The van der Waals surface area contributed by atoms with Crippen molar-refractivity contribution < 1.29 is 27.9 Å². The van der Waals surface area contributed by atoms with Crippen LogP contribution in [-0.2, 0) is 11.3 Å². The van der Waals surface area contributed by atoms with E-state index >= 15 is 0 Å². The van der Waals surface area contributed by atoms with Crippen molar-refractivity contribution in [1.82, 2.24) is 9.80 Å². The van der Waals surface area contributed by atoms with Crippen molar-refractivity contribution in [1.29, 1.82) is 5.41 Å². The maximum Gasteiger partial charge on any atom is 0.490 e. The molecule has 0 aromatic heterocycles. The van der Waals surface area contributed by atoms with E-state index in [9.17, 15) is 18.0 Å². The Hall–Kier alpha value is -3.60. The Morgan fingerprint density at radius 2 is 1.71 bits per heavy atom. The quantitative estimate of drug-likeness (QED) is 0.376. The van der Waals surface area contributed by atoms with Gasteiger partial charge in [0.05, 0.1) is 0 Å². The highest BCUT2D eigenvalue weighted by molar-refractivity contribution is 5.98. The van der Waals surface area contributed by atoms with E-state index in [1.807, 2.05) is 34.1 Å². The number of nitrogens with zero attached hydrogens (tertiary/aromatic N) is 3. The van der Waals surface area contributed by atoms with Crippen molar-refractivity contribution >= 4 is 23.5 Å². The molecule has 38 heavy (non-hydrogen) atoms. The molecule has 4 rings (SSSR count). The van der Waals surface area contributed by atoms with Gasteiger partial charge in [-0.15, -0.1) is 0 Å². The Balaban J connectivity index is 0.000000505. The first-order chi connectivity index (χ1) is 17.9. The zero-order valence-corrected chi connectivity index (χ0v) is 21.3. The second-order valence-corrected chi connectivity index (χ2v) is 9.88. The summed E-state index contributed by atoms with van der Waals surface area (Å²) in [6, 6.07) is 18.2. The van der Waals surface area contributed by atoms with Crippen molar-refractivity contribution in [3.05, 3.63) is 65.7 Å². The van der Waals surface area contributed by atoms with Crippen LogP contribution in [0.25, 0.3) is 0 Å². The number of rotatable bonds is 6. The van der Waals surface area contributed by atoms with Crippen LogP contribution in [0.15, 0.2) is 54.6 Å². The number of hydrogen-bond acceptors (Lipinski definition) is 4. The lowest BCUT2D eigenvalue weighted by Gasteiger charge is -2.42. The molecule has 4 N–H and O–H groups in total. The Morgan fingerprint density at radius 3 is 2.29 bits per heavy atom. The van der Waals surface area contributed by atoms with Crippen molar-refractivity contribution in [2.75, 3.05) is 37.6 Å². The SMILES string of the molecule is CC1CN(CC2CCN(Cc3ccccc3)CC2)C(=O)N(c2cccc(C(=N)N)c2)C1.O=C(O)C(F)(F)F. The van der Waals surface area contributed by atoms with E-state index in [2.05, 4.69) is 42.2 Å². The van der Waals surface area contributed by atoms with Crippen LogP contribution >= 0.6 is 0 Å². The van der Waals surface area contributed by atoms with Crippen LogP contribution < -0.4 is 10.6 Å². The number of hydrogen-bond donors (Lipinski definition) is 3. The van der Waals surface area contributed by atoms with Gasteiger partial charge in [-0.3, -0.25) is 15.2 Å². The Morgan fingerprint density at radius 1 is 1.08 bits per heavy atom. The highest BCUT2D eigenvalue weighted by atomic mass is 19.4. The molecule has 2 saturated heterocycles. The predicted molar refractivity (Wildman–Crippen MR) is 139 cm³/mol. The van der Waals surface area contributed by atoms with Gasteiger partial charge in [-0.25, -0.2) is 9.59 Å². The average Bonchev–Trinajstić information content (AvgIpc) is 2.87. The lowest BCUT2D eigenvalue weighted by atomic mass is 9.95. The fraction of sp³-hybridized carbons (Fsp3) is 0.444. The molecule has 2 aliphatic heterocycles. The van der Waals surface area contributed by atoms with E-state index in [0.717, 1.165) is 51.3 Å². The van der Waals surface area contributed by atoms with Gasteiger partial charge >= 0.3 is 18.2 Å². The maximum absolute atomic E-state index is 13.3. The Labute approximate surface area is 220 Å². The molecule has 0 saturated carbocycles. The molecule has 2 aromatic rings. The number of likely N-dealkylation sites (tertiary alicyclic amines) is 1. The zero-order valence-electron chi connectivity index (χ0n) is 21.3. The first kappa shape index (κ1) is 29.0. The number of carbonyl (C=O) groups excluding carboxylic acids is 1. The van der Waals surface area contributed by atoms with Gasteiger partial charge in [0.15, 0.2) is 0 Å². The van der Waals surface area contributed by atoms with E-state index in [4.69, 9.17) is 21.0 Å². The summed E-state index contributed by atoms with van der Waals surface area (Å²) in [5.74, 6) is -1.78. The zero-order chi connectivity index (χ0) is 27.9. The molecule has 2 aromatic carbocycles. The number of carboxylic acids is 1. The monoisotopic (exact) mass is 533 g/mol. The van der Waals surface area contributed by atoms with E-state index in [1.54, 1.807) is 0 Å². The third-order valence-corrected chi connectivity index (χ3v) is 6.67. The standard InChI is InChI=1S/C25H33N5O.C2HF3O2/c1-19-15-29(25(31)30(16-19)23-9-5-8-22(14-23)24(26)27)18-21-10-12-28(13-11-21)17-20-6-3-2-4-7-20;3-2(4,5)1(6)7/h2-9,14,19,21H,10-13,15-18H2,1H3,(H3,26,27);(H,6,7). The number of urea groups is 1. The number of alkyl halides is 3. The van der Waals surface area contributed by atoms with Crippen molar-refractivity contribution in [2.45, 2.75) is 32.5 Å². The largest absolute Gasteiger partial charge is 0.490 e. The maximum atomic E-state index is 13.3. The normalized spacial score (nSPS) is 19.1. The number of aliphatic carboxylic acids is 1. The molecule has 1 unspecified atom stereocenters. The summed E-state index contributed by atoms with van der Waals surface area (Å²) in [5, 5.41) is 14.8. The first-order valence-corrected chi connectivity index (χ1v) is 12.5. The summed E-state index contributed by atoms with van der Waals surface area (Å²) in [6.07, 6.45) is -2.82. The molecule has 0 spiro atoms. The first-order valence-electron chi connectivity index (χ1n) is 12.5. The summed E-state index contributed by atoms with van der Waals surface area (Å²) in [7, 11) is 0. The van der Waals surface area contributed by atoms with E-state index in [-0.39, 0.29) is 11.9 Å². The van der Waals surface area contributed by atoms with Gasteiger partial charge in [-0.1, -0.05) is 49.4 Å². The van der Waals surface area contributed by atoms with Crippen LogP contribution in [0.3, 0.4) is 0 Å². The number of carbonyl (C=O) groups is 2.